The van der Waals surface area contributed by atoms with Gasteiger partial charge in [-0.05, 0) is 67.6 Å². The smallest absolute Gasteiger partial charge is 0.301 e. The zero-order valence-corrected chi connectivity index (χ0v) is 22.9. The highest BCUT2D eigenvalue weighted by Gasteiger charge is 2.48. The average Bonchev–Trinajstić information content (AvgIpc) is 3.40. The van der Waals surface area contributed by atoms with Crippen LogP contribution in [0.4, 0.5) is 5.13 Å². The van der Waals surface area contributed by atoms with E-state index in [0.29, 0.717) is 29.0 Å². The Hall–Kier alpha value is -3.97. The first kappa shape index (κ1) is 25.7. The van der Waals surface area contributed by atoms with Crippen molar-refractivity contribution in [1.82, 2.24) is 4.98 Å². The van der Waals surface area contributed by atoms with Crippen LogP contribution in [0.5, 0.6) is 5.75 Å². The standard InChI is InChI=1S/C31H30N2O4S/c1-17(2)16-37-23-11-7-10-22(15-23)28(34)26-27(21-9-6-8-18(3)12-21)33(30(36)29(26)35)31-32-24-13-19(4)20(5)14-25(24)38-31/h6-15,17,27,34H,16H2,1-5H3/b28-26+. The molecule has 1 atom stereocenters. The Morgan fingerprint density at radius 3 is 2.50 bits per heavy atom. The Morgan fingerprint density at radius 2 is 1.76 bits per heavy atom. The summed E-state index contributed by atoms with van der Waals surface area (Å²) in [4.78, 5) is 33.3. The van der Waals surface area contributed by atoms with Crippen molar-refractivity contribution in [1.29, 1.82) is 0 Å². The van der Waals surface area contributed by atoms with E-state index < -0.39 is 17.7 Å². The molecule has 0 radical (unpaired) electrons. The van der Waals surface area contributed by atoms with Crippen LogP contribution in [-0.2, 0) is 9.59 Å². The van der Waals surface area contributed by atoms with Gasteiger partial charge in [-0.15, -0.1) is 0 Å². The van der Waals surface area contributed by atoms with Crippen molar-refractivity contribution in [3.05, 3.63) is 94.1 Å². The van der Waals surface area contributed by atoms with Gasteiger partial charge >= 0.3 is 5.91 Å². The predicted molar refractivity (Wildman–Crippen MR) is 152 cm³/mol. The Bertz CT molecular complexity index is 1560. The maximum atomic E-state index is 13.5. The van der Waals surface area contributed by atoms with Crippen LogP contribution in [0.1, 0.15) is 47.7 Å². The Morgan fingerprint density at radius 1 is 1.03 bits per heavy atom. The van der Waals surface area contributed by atoms with Crippen LogP contribution in [-0.4, -0.2) is 28.4 Å². The highest BCUT2D eigenvalue weighted by atomic mass is 32.1. The largest absolute Gasteiger partial charge is 0.507 e. The van der Waals surface area contributed by atoms with Gasteiger partial charge in [0.05, 0.1) is 28.4 Å². The number of fused-ring (bicyclic) bond motifs is 1. The molecule has 5 rings (SSSR count). The van der Waals surface area contributed by atoms with Crippen molar-refractivity contribution in [2.24, 2.45) is 5.92 Å². The third-order valence-electron chi connectivity index (χ3n) is 6.69. The van der Waals surface area contributed by atoms with E-state index in [1.54, 1.807) is 24.3 Å². The molecule has 1 N–H and O–H groups in total. The van der Waals surface area contributed by atoms with E-state index in [-0.39, 0.29) is 11.3 Å². The third kappa shape index (κ3) is 4.70. The number of rotatable bonds is 6. The van der Waals surface area contributed by atoms with Gasteiger partial charge in [-0.25, -0.2) is 4.98 Å². The molecule has 0 aliphatic carbocycles. The summed E-state index contributed by atoms with van der Waals surface area (Å²) in [6.45, 7) is 10.6. The molecular formula is C31H30N2O4S. The van der Waals surface area contributed by atoms with Gasteiger partial charge in [-0.3, -0.25) is 14.5 Å². The molecule has 0 bridgehead atoms. The molecule has 0 spiro atoms. The van der Waals surface area contributed by atoms with E-state index in [2.05, 4.69) is 13.8 Å². The third-order valence-corrected chi connectivity index (χ3v) is 7.71. The van der Waals surface area contributed by atoms with E-state index in [0.717, 1.165) is 32.5 Å². The molecule has 7 heteroatoms. The van der Waals surface area contributed by atoms with Gasteiger partial charge in [-0.2, -0.15) is 0 Å². The predicted octanol–water partition coefficient (Wildman–Crippen LogP) is 6.88. The monoisotopic (exact) mass is 526 g/mol. The van der Waals surface area contributed by atoms with Crippen molar-refractivity contribution in [2.75, 3.05) is 11.5 Å². The number of hydrogen-bond acceptors (Lipinski definition) is 6. The number of aryl methyl sites for hydroxylation is 3. The van der Waals surface area contributed by atoms with E-state index in [4.69, 9.17) is 9.72 Å². The van der Waals surface area contributed by atoms with Gasteiger partial charge in [-0.1, -0.05) is 67.1 Å². The highest BCUT2D eigenvalue weighted by Crippen LogP contribution is 2.44. The van der Waals surface area contributed by atoms with Crippen molar-refractivity contribution >= 4 is 44.1 Å². The van der Waals surface area contributed by atoms with Gasteiger partial charge in [0, 0.05) is 5.56 Å². The molecule has 1 aliphatic heterocycles. The Labute approximate surface area is 226 Å². The summed E-state index contributed by atoms with van der Waals surface area (Å²) >= 11 is 1.36. The fourth-order valence-corrected chi connectivity index (χ4v) is 5.68. The number of aliphatic hydroxyl groups excluding tert-OH is 1. The normalized spacial score (nSPS) is 17.1. The molecule has 1 aromatic heterocycles. The van der Waals surface area contributed by atoms with Gasteiger partial charge in [0.1, 0.15) is 11.5 Å². The Kier molecular flexibility index (Phi) is 6.80. The number of ketones is 1. The van der Waals surface area contributed by atoms with E-state index >= 15 is 0 Å². The SMILES string of the molecule is Cc1cccc(C2/C(=C(\O)c3cccc(OCC(C)C)c3)C(=O)C(=O)N2c2nc3cc(C)c(C)cc3s2)c1. The lowest BCUT2D eigenvalue weighted by Gasteiger charge is -2.23. The number of thiazole rings is 1. The number of anilines is 1. The summed E-state index contributed by atoms with van der Waals surface area (Å²) in [7, 11) is 0. The second-order valence-corrected chi connectivity index (χ2v) is 11.2. The molecule has 6 nitrogen and oxygen atoms in total. The summed E-state index contributed by atoms with van der Waals surface area (Å²) in [6, 6.07) is 17.8. The first-order valence-corrected chi connectivity index (χ1v) is 13.4. The lowest BCUT2D eigenvalue weighted by Crippen LogP contribution is -2.29. The fraction of sp³-hybridized carbons (Fsp3) is 0.258. The quantitative estimate of drug-likeness (QED) is 0.168. The van der Waals surface area contributed by atoms with Gasteiger partial charge in [0.2, 0.25) is 0 Å². The number of benzene rings is 3. The van der Waals surface area contributed by atoms with Crippen LogP contribution in [0.2, 0.25) is 0 Å². The number of aromatic nitrogens is 1. The summed E-state index contributed by atoms with van der Waals surface area (Å²) in [5.41, 5.74) is 5.16. The molecule has 38 heavy (non-hydrogen) atoms. The van der Waals surface area contributed by atoms with Crippen LogP contribution in [0.3, 0.4) is 0 Å². The maximum absolute atomic E-state index is 13.5. The lowest BCUT2D eigenvalue weighted by molar-refractivity contribution is -0.132. The number of carbonyl (C=O) groups is 2. The van der Waals surface area contributed by atoms with Crippen LogP contribution in [0, 0.1) is 26.7 Å². The zero-order valence-electron chi connectivity index (χ0n) is 22.1. The summed E-state index contributed by atoms with van der Waals surface area (Å²) in [6.07, 6.45) is 0. The van der Waals surface area contributed by atoms with Gasteiger partial charge in [0.25, 0.3) is 5.78 Å². The number of Topliss-reactive ketones (excluding diaryl/α,β-unsaturated/α-hetero) is 1. The molecule has 0 saturated carbocycles. The van der Waals surface area contributed by atoms with E-state index in [1.807, 2.05) is 57.2 Å². The zero-order chi connectivity index (χ0) is 27.1. The molecule has 3 aromatic carbocycles. The van der Waals surface area contributed by atoms with Gasteiger partial charge in [0.15, 0.2) is 5.13 Å². The van der Waals surface area contributed by atoms with Crippen molar-refractivity contribution in [3.63, 3.8) is 0 Å². The number of aliphatic hydroxyl groups is 1. The van der Waals surface area contributed by atoms with Gasteiger partial charge < -0.3 is 9.84 Å². The summed E-state index contributed by atoms with van der Waals surface area (Å²) < 4.78 is 6.77. The minimum atomic E-state index is -0.821. The molecule has 2 heterocycles. The number of amides is 1. The van der Waals surface area contributed by atoms with Crippen LogP contribution in [0.15, 0.2) is 66.2 Å². The number of carbonyl (C=O) groups excluding carboxylic acids is 2. The highest BCUT2D eigenvalue weighted by molar-refractivity contribution is 7.22. The number of ether oxygens (including phenoxy) is 1. The summed E-state index contributed by atoms with van der Waals surface area (Å²) in [5, 5.41) is 11.9. The first-order chi connectivity index (χ1) is 18.1. The fourth-order valence-electron chi connectivity index (χ4n) is 4.61. The molecule has 1 unspecified atom stereocenters. The topological polar surface area (TPSA) is 79.7 Å². The minimum absolute atomic E-state index is 0.0354. The van der Waals surface area contributed by atoms with E-state index in [1.165, 1.54) is 16.2 Å². The molecule has 1 fully saturated rings. The second-order valence-electron chi connectivity index (χ2n) is 10.2. The Balaban J connectivity index is 1.67. The van der Waals surface area contributed by atoms with Crippen molar-refractivity contribution in [3.8, 4) is 5.75 Å². The van der Waals surface area contributed by atoms with Crippen molar-refractivity contribution < 1.29 is 19.4 Å². The van der Waals surface area contributed by atoms with Crippen LogP contribution in [0.25, 0.3) is 16.0 Å². The molecule has 4 aromatic rings. The summed E-state index contributed by atoms with van der Waals surface area (Å²) in [5.74, 6) is -0.770. The second kappa shape index (κ2) is 10.1. The molecular weight excluding hydrogens is 496 g/mol. The first-order valence-electron chi connectivity index (χ1n) is 12.6. The number of nitrogens with zero attached hydrogens (tertiary/aromatic N) is 2. The molecule has 194 valence electrons. The average molecular weight is 527 g/mol. The van der Waals surface area contributed by atoms with Crippen LogP contribution < -0.4 is 9.64 Å². The minimum Gasteiger partial charge on any atom is -0.507 e. The molecule has 1 aliphatic rings. The molecule has 1 saturated heterocycles. The number of hydrogen-bond donors (Lipinski definition) is 1. The van der Waals surface area contributed by atoms with Crippen LogP contribution >= 0.6 is 11.3 Å². The maximum Gasteiger partial charge on any atom is 0.301 e. The lowest BCUT2D eigenvalue weighted by atomic mass is 9.94. The molecule has 1 amide bonds. The van der Waals surface area contributed by atoms with Crippen molar-refractivity contribution in [2.45, 2.75) is 40.7 Å². The van der Waals surface area contributed by atoms with E-state index in [9.17, 15) is 14.7 Å².